The van der Waals surface area contributed by atoms with Crippen LogP contribution in [0.5, 0.6) is 11.5 Å². The number of nitrogens with one attached hydrogen (secondary N) is 1. The van der Waals surface area contributed by atoms with Crippen LogP contribution in [0.1, 0.15) is 15.9 Å². The fourth-order valence-electron chi connectivity index (χ4n) is 2.75. The molecule has 1 amide bonds. The monoisotopic (exact) mass is 337 g/mol. The lowest BCUT2D eigenvalue weighted by Gasteiger charge is -2.12. The van der Waals surface area contributed by atoms with Gasteiger partial charge in [0.2, 0.25) is 0 Å². The molecule has 0 radical (unpaired) electrons. The summed E-state index contributed by atoms with van der Waals surface area (Å²) in [5.74, 6) is 6.21. The molecule has 2 aromatic carbocycles. The number of carbonyl (C=O) groups is 1. The Morgan fingerprint density at radius 3 is 2.48 bits per heavy atom. The van der Waals surface area contributed by atoms with Gasteiger partial charge in [0.25, 0.3) is 5.91 Å². The van der Waals surface area contributed by atoms with Crippen LogP contribution in [0, 0.1) is 6.92 Å². The third-order valence-electron chi connectivity index (χ3n) is 4.02. The molecule has 6 nitrogen and oxygen atoms in total. The minimum atomic E-state index is -0.361. The van der Waals surface area contributed by atoms with Gasteiger partial charge in [0, 0.05) is 10.9 Å². The second-order valence-corrected chi connectivity index (χ2v) is 5.62. The van der Waals surface area contributed by atoms with Gasteiger partial charge >= 0.3 is 0 Å². The third kappa shape index (κ3) is 3.12. The first kappa shape index (κ1) is 16.7. The molecular weight excluding hydrogens is 318 g/mol. The van der Waals surface area contributed by atoms with Crippen LogP contribution in [0.15, 0.2) is 42.5 Å². The first-order valence-electron chi connectivity index (χ1n) is 7.72. The number of pyridine rings is 1. The van der Waals surface area contributed by atoms with Crippen molar-refractivity contribution in [3.05, 3.63) is 53.6 Å². The Labute approximate surface area is 145 Å². The minimum Gasteiger partial charge on any atom is -0.493 e. The maximum atomic E-state index is 12.2. The summed E-state index contributed by atoms with van der Waals surface area (Å²) >= 11 is 0. The largest absolute Gasteiger partial charge is 0.493 e. The summed E-state index contributed by atoms with van der Waals surface area (Å²) < 4.78 is 10.6. The molecule has 0 atom stereocenters. The standard InChI is InChI=1S/C19H19N3O3/c1-11-4-6-15-13(8-11)14(19(23)22-20)10-16(21-15)12-5-7-17(24-2)18(9-12)25-3/h4-10H,20H2,1-3H3,(H,22,23). The van der Waals surface area contributed by atoms with E-state index in [-0.39, 0.29) is 5.91 Å². The molecule has 1 heterocycles. The van der Waals surface area contributed by atoms with E-state index >= 15 is 0 Å². The summed E-state index contributed by atoms with van der Waals surface area (Å²) in [6, 6.07) is 13.0. The predicted octanol–water partition coefficient (Wildman–Crippen LogP) is 2.83. The number of aromatic nitrogens is 1. The van der Waals surface area contributed by atoms with Gasteiger partial charge in [-0.15, -0.1) is 0 Å². The van der Waals surface area contributed by atoms with Crippen molar-refractivity contribution in [3.8, 4) is 22.8 Å². The molecule has 0 unspecified atom stereocenters. The summed E-state index contributed by atoms with van der Waals surface area (Å²) in [5.41, 5.74) is 5.89. The highest BCUT2D eigenvalue weighted by molar-refractivity contribution is 6.07. The fourth-order valence-corrected chi connectivity index (χ4v) is 2.75. The molecule has 0 aliphatic rings. The number of fused-ring (bicyclic) bond motifs is 1. The molecule has 0 fully saturated rings. The molecule has 1 aromatic heterocycles. The number of carbonyl (C=O) groups excluding carboxylic acids is 1. The zero-order valence-corrected chi connectivity index (χ0v) is 14.3. The van der Waals surface area contributed by atoms with Crippen molar-refractivity contribution in [2.75, 3.05) is 14.2 Å². The first-order chi connectivity index (χ1) is 12.1. The second kappa shape index (κ2) is 6.78. The average molecular weight is 337 g/mol. The van der Waals surface area contributed by atoms with E-state index in [1.54, 1.807) is 26.4 Å². The van der Waals surface area contributed by atoms with Crippen LogP contribution in [-0.4, -0.2) is 25.1 Å². The number of amides is 1. The number of nitrogen functional groups attached to an aromatic ring is 1. The van der Waals surface area contributed by atoms with E-state index in [9.17, 15) is 4.79 Å². The van der Waals surface area contributed by atoms with Crippen molar-refractivity contribution in [2.24, 2.45) is 5.84 Å². The second-order valence-electron chi connectivity index (χ2n) is 5.62. The van der Waals surface area contributed by atoms with E-state index in [1.165, 1.54) is 0 Å². The van der Waals surface area contributed by atoms with Gasteiger partial charge < -0.3 is 9.47 Å². The third-order valence-corrected chi connectivity index (χ3v) is 4.02. The molecule has 25 heavy (non-hydrogen) atoms. The molecule has 6 heteroatoms. The average Bonchev–Trinajstić information content (AvgIpc) is 2.65. The zero-order valence-electron chi connectivity index (χ0n) is 14.3. The van der Waals surface area contributed by atoms with Gasteiger partial charge in [0.15, 0.2) is 11.5 Å². The number of hydrogen-bond donors (Lipinski definition) is 2. The number of ether oxygens (including phenoxy) is 2. The molecule has 0 saturated heterocycles. The van der Waals surface area contributed by atoms with Crippen molar-refractivity contribution < 1.29 is 14.3 Å². The predicted molar refractivity (Wildman–Crippen MR) is 96.7 cm³/mol. The quantitative estimate of drug-likeness (QED) is 0.434. The highest BCUT2D eigenvalue weighted by Crippen LogP contribution is 2.33. The number of nitrogens with zero attached hydrogens (tertiary/aromatic N) is 1. The first-order valence-corrected chi connectivity index (χ1v) is 7.72. The van der Waals surface area contributed by atoms with E-state index in [0.29, 0.717) is 22.8 Å². The summed E-state index contributed by atoms with van der Waals surface area (Å²) in [7, 11) is 3.16. The summed E-state index contributed by atoms with van der Waals surface area (Å²) in [5, 5.41) is 0.757. The SMILES string of the molecule is COc1ccc(-c2cc(C(=O)NN)c3cc(C)ccc3n2)cc1OC. The Morgan fingerprint density at radius 2 is 1.80 bits per heavy atom. The van der Waals surface area contributed by atoms with Crippen molar-refractivity contribution >= 4 is 16.8 Å². The molecule has 0 aliphatic heterocycles. The van der Waals surface area contributed by atoms with Gasteiger partial charge in [0.05, 0.1) is 31.0 Å². The molecule has 0 saturated carbocycles. The molecule has 0 aliphatic carbocycles. The van der Waals surface area contributed by atoms with Crippen LogP contribution in [0.3, 0.4) is 0 Å². The molecule has 128 valence electrons. The molecule has 0 bridgehead atoms. The fraction of sp³-hybridized carbons (Fsp3) is 0.158. The lowest BCUT2D eigenvalue weighted by molar-refractivity contribution is 0.0955. The Morgan fingerprint density at radius 1 is 1.04 bits per heavy atom. The summed E-state index contributed by atoms with van der Waals surface area (Å²) in [6.45, 7) is 1.96. The maximum absolute atomic E-state index is 12.2. The van der Waals surface area contributed by atoms with Crippen molar-refractivity contribution in [2.45, 2.75) is 6.92 Å². The van der Waals surface area contributed by atoms with E-state index in [2.05, 4.69) is 10.4 Å². The molecule has 0 spiro atoms. The zero-order chi connectivity index (χ0) is 18.0. The van der Waals surface area contributed by atoms with Gasteiger partial charge in [-0.05, 0) is 43.3 Å². The number of hydrazine groups is 1. The topological polar surface area (TPSA) is 86.5 Å². The van der Waals surface area contributed by atoms with E-state index in [4.69, 9.17) is 15.3 Å². The Kier molecular flexibility index (Phi) is 4.54. The maximum Gasteiger partial charge on any atom is 0.265 e. The van der Waals surface area contributed by atoms with Crippen LogP contribution in [0.2, 0.25) is 0 Å². The Bertz CT molecular complexity index is 954. The summed E-state index contributed by atoms with van der Waals surface area (Å²) in [4.78, 5) is 16.9. The minimum absolute atomic E-state index is 0.361. The molecule has 3 aromatic rings. The van der Waals surface area contributed by atoms with Crippen LogP contribution in [-0.2, 0) is 0 Å². The highest BCUT2D eigenvalue weighted by atomic mass is 16.5. The van der Waals surface area contributed by atoms with Crippen molar-refractivity contribution in [1.29, 1.82) is 0 Å². The summed E-state index contributed by atoms with van der Waals surface area (Å²) in [6.07, 6.45) is 0. The number of nitrogens with two attached hydrogens (primary N) is 1. The molecular formula is C19H19N3O3. The number of hydrogen-bond acceptors (Lipinski definition) is 5. The van der Waals surface area contributed by atoms with Crippen LogP contribution in [0.4, 0.5) is 0 Å². The van der Waals surface area contributed by atoms with E-state index < -0.39 is 0 Å². The van der Waals surface area contributed by atoms with Gasteiger partial charge in [-0.3, -0.25) is 10.2 Å². The smallest absolute Gasteiger partial charge is 0.265 e. The van der Waals surface area contributed by atoms with Crippen LogP contribution < -0.4 is 20.7 Å². The van der Waals surface area contributed by atoms with E-state index in [0.717, 1.165) is 22.0 Å². The van der Waals surface area contributed by atoms with E-state index in [1.807, 2.05) is 37.3 Å². The van der Waals surface area contributed by atoms with Crippen LogP contribution >= 0.6 is 0 Å². The Balaban J connectivity index is 2.23. The Hall–Kier alpha value is -3.12. The highest BCUT2D eigenvalue weighted by Gasteiger charge is 2.15. The lowest BCUT2D eigenvalue weighted by atomic mass is 10.0. The number of methoxy groups -OCH3 is 2. The number of benzene rings is 2. The van der Waals surface area contributed by atoms with Crippen LogP contribution in [0.25, 0.3) is 22.2 Å². The van der Waals surface area contributed by atoms with Gasteiger partial charge in [-0.2, -0.15) is 0 Å². The number of rotatable bonds is 4. The lowest BCUT2D eigenvalue weighted by Crippen LogP contribution is -2.30. The normalized spacial score (nSPS) is 10.6. The molecule has 3 N–H and O–H groups in total. The van der Waals surface area contributed by atoms with Crippen molar-refractivity contribution in [1.82, 2.24) is 10.4 Å². The van der Waals surface area contributed by atoms with Gasteiger partial charge in [-0.25, -0.2) is 10.8 Å². The van der Waals surface area contributed by atoms with Crippen molar-refractivity contribution in [3.63, 3.8) is 0 Å². The number of aryl methyl sites for hydroxylation is 1. The van der Waals surface area contributed by atoms with Gasteiger partial charge in [0.1, 0.15) is 0 Å². The van der Waals surface area contributed by atoms with Gasteiger partial charge in [-0.1, -0.05) is 11.6 Å². The molecule has 3 rings (SSSR count).